The van der Waals surface area contributed by atoms with Gasteiger partial charge in [-0.25, -0.2) is 0 Å². The van der Waals surface area contributed by atoms with Crippen LogP contribution in [0.25, 0.3) is 0 Å². The molecule has 104 valence electrons. The Morgan fingerprint density at radius 2 is 1.85 bits per heavy atom. The van der Waals surface area contributed by atoms with E-state index in [1.165, 1.54) is 0 Å². The Bertz CT molecular complexity index is 518. The van der Waals surface area contributed by atoms with Gasteiger partial charge in [-0.05, 0) is 18.1 Å². The van der Waals surface area contributed by atoms with Crippen LogP contribution in [0.2, 0.25) is 0 Å². The highest BCUT2D eigenvalue weighted by Crippen LogP contribution is 2.14. The maximum atomic E-state index is 9.11. The lowest BCUT2D eigenvalue weighted by Gasteiger charge is -2.36. The van der Waals surface area contributed by atoms with Crippen LogP contribution >= 0.6 is 0 Å². The fourth-order valence-corrected chi connectivity index (χ4v) is 2.67. The number of rotatable bonds is 4. The second kappa shape index (κ2) is 7.05. The van der Waals surface area contributed by atoms with Crippen molar-refractivity contribution in [3.8, 4) is 12.1 Å². The number of hydrogen-bond acceptors (Lipinski definition) is 4. The van der Waals surface area contributed by atoms with Crippen molar-refractivity contribution in [3.63, 3.8) is 0 Å². The van der Waals surface area contributed by atoms with Crippen LogP contribution in [0, 0.1) is 22.7 Å². The third kappa shape index (κ3) is 3.36. The van der Waals surface area contributed by atoms with Gasteiger partial charge in [0.2, 0.25) is 0 Å². The lowest BCUT2D eigenvalue weighted by Crippen LogP contribution is -2.49. The first-order chi connectivity index (χ1) is 9.78. The summed E-state index contributed by atoms with van der Waals surface area (Å²) in [6.45, 7) is 6.65. The van der Waals surface area contributed by atoms with Gasteiger partial charge in [-0.3, -0.25) is 9.80 Å². The Labute approximate surface area is 120 Å². The van der Waals surface area contributed by atoms with Crippen molar-refractivity contribution in [1.82, 2.24) is 9.80 Å². The Morgan fingerprint density at radius 3 is 2.45 bits per heavy atom. The molecule has 20 heavy (non-hydrogen) atoms. The molecule has 0 spiro atoms. The normalized spacial score (nSPS) is 18.1. The minimum Gasteiger partial charge on any atom is -0.296 e. The van der Waals surface area contributed by atoms with E-state index in [0.717, 1.165) is 50.3 Å². The predicted molar refractivity (Wildman–Crippen MR) is 77.7 cm³/mol. The molecule has 1 unspecified atom stereocenters. The Hall–Kier alpha value is -1.88. The van der Waals surface area contributed by atoms with Gasteiger partial charge in [0.15, 0.2) is 0 Å². The topological polar surface area (TPSA) is 54.1 Å². The lowest BCUT2D eigenvalue weighted by atomic mass is 10.1. The summed E-state index contributed by atoms with van der Waals surface area (Å²) in [4.78, 5) is 4.61. The first-order valence-corrected chi connectivity index (χ1v) is 7.12. The average Bonchev–Trinajstić information content (AvgIpc) is 2.51. The Balaban J connectivity index is 1.92. The number of benzene rings is 1. The zero-order chi connectivity index (χ0) is 14.4. The smallest absolute Gasteiger partial charge is 0.0995 e. The van der Waals surface area contributed by atoms with Gasteiger partial charge < -0.3 is 0 Å². The predicted octanol–water partition coefficient (Wildman–Crippen LogP) is 1.98. The molecule has 0 radical (unpaired) electrons. The van der Waals surface area contributed by atoms with E-state index < -0.39 is 0 Å². The van der Waals surface area contributed by atoms with Crippen molar-refractivity contribution in [2.45, 2.75) is 25.9 Å². The summed E-state index contributed by atoms with van der Waals surface area (Å²) in [7, 11) is 0. The van der Waals surface area contributed by atoms with E-state index >= 15 is 0 Å². The van der Waals surface area contributed by atoms with Gasteiger partial charge in [-0.2, -0.15) is 10.5 Å². The zero-order valence-corrected chi connectivity index (χ0v) is 11.9. The first kappa shape index (κ1) is 14.5. The summed E-state index contributed by atoms with van der Waals surface area (Å²) < 4.78 is 0. The molecule has 1 aromatic rings. The van der Waals surface area contributed by atoms with Crippen molar-refractivity contribution in [3.05, 3.63) is 35.4 Å². The van der Waals surface area contributed by atoms with Gasteiger partial charge >= 0.3 is 0 Å². The summed E-state index contributed by atoms with van der Waals surface area (Å²) in [6, 6.07) is 12.4. The molecule has 0 bridgehead atoms. The maximum absolute atomic E-state index is 9.11. The number of nitrogens with zero attached hydrogens (tertiary/aromatic N) is 4. The second-order valence-corrected chi connectivity index (χ2v) is 5.13. The number of hydrogen-bond donors (Lipinski definition) is 0. The van der Waals surface area contributed by atoms with Gasteiger partial charge in [0.1, 0.15) is 0 Å². The molecule has 1 fully saturated rings. The monoisotopic (exact) mass is 268 g/mol. The molecular formula is C16H20N4. The van der Waals surface area contributed by atoms with Crippen molar-refractivity contribution in [1.29, 1.82) is 10.5 Å². The quantitative estimate of drug-likeness (QED) is 0.838. The maximum Gasteiger partial charge on any atom is 0.0995 e. The molecule has 1 heterocycles. The Morgan fingerprint density at radius 1 is 1.15 bits per heavy atom. The highest BCUT2D eigenvalue weighted by atomic mass is 15.3. The largest absolute Gasteiger partial charge is 0.296 e. The molecule has 2 rings (SSSR count). The van der Waals surface area contributed by atoms with Crippen molar-refractivity contribution in [2.75, 3.05) is 26.2 Å². The van der Waals surface area contributed by atoms with Crippen LogP contribution in [-0.4, -0.2) is 42.0 Å². The van der Waals surface area contributed by atoms with Crippen molar-refractivity contribution >= 4 is 0 Å². The molecule has 4 nitrogen and oxygen atoms in total. The third-order valence-corrected chi connectivity index (χ3v) is 3.92. The van der Waals surface area contributed by atoms with Gasteiger partial charge in [0.25, 0.3) is 0 Å². The van der Waals surface area contributed by atoms with Crippen LogP contribution in [0.15, 0.2) is 24.3 Å². The van der Waals surface area contributed by atoms with Gasteiger partial charge in [0.05, 0.1) is 23.7 Å². The summed E-state index contributed by atoms with van der Waals surface area (Å²) >= 11 is 0. The summed E-state index contributed by atoms with van der Waals surface area (Å²) in [5.41, 5.74) is 1.86. The van der Waals surface area contributed by atoms with Crippen LogP contribution in [0.1, 0.15) is 24.5 Å². The zero-order valence-electron chi connectivity index (χ0n) is 11.9. The molecule has 1 atom stereocenters. The molecule has 0 aliphatic carbocycles. The first-order valence-electron chi connectivity index (χ1n) is 7.12. The van der Waals surface area contributed by atoms with Gasteiger partial charge in [-0.1, -0.05) is 25.1 Å². The molecule has 1 aromatic carbocycles. The van der Waals surface area contributed by atoms with E-state index in [9.17, 15) is 0 Å². The highest BCUT2D eigenvalue weighted by molar-refractivity contribution is 5.37. The van der Waals surface area contributed by atoms with Crippen molar-refractivity contribution in [2.24, 2.45) is 0 Å². The highest BCUT2D eigenvalue weighted by Gasteiger charge is 2.22. The van der Waals surface area contributed by atoms with E-state index in [-0.39, 0.29) is 6.04 Å². The average molecular weight is 268 g/mol. The summed E-state index contributed by atoms with van der Waals surface area (Å²) in [5.74, 6) is 0. The van der Waals surface area contributed by atoms with Crippen LogP contribution in [0.4, 0.5) is 0 Å². The third-order valence-electron chi connectivity index (χ3n) is 3.92. The second-order valence-electron chi connectivity index (χ2n) is 5.13. The van der Waals surface area contributed by atoms with E-state index in [1.807, 2.05) is 24.3 Å². The molecule has 0 saturated carbocycles. The molecule has 1 aliphatic rings. The summed E-state index contributed by atoms with van der Waals surface area (Å²) in [5, 5.41) is 18.2. The van der Waals surface area contributed by atoms with Crippen LogP contribution in [-0.2, 0) is 6.54 Å². The molecule has 1 saturated heterocycles. The van der Waals surface area contributed by atoms with Crippen LogP contribution in [0.3, 0.4) is 0 Å². The lowest BCUT2D eigenvalue weighted by molar-refractivity contribution is 0.108. The van der Waals surface area contributed by atoms with Gasteiger partial charge in [-0.15, -0.1) is 0 Å². The number of nitriles is 2. The molecule has 0 amide bonds. The SMILES string of the molecule is CCC(C#N)N1CCN(Cc2ccccc2C#N)CC1. The van der Waals surface area contributed by atoms with Crippen LogP contribution in [0.5, 0.6) is 0 Å². The number of piperazine rings is 1. The fraction of sp³-hybridized carbons (Fsp3) is 0.500. The fourth-order valence-electron chi connectivity index (χ4n) is 2.67. The van der Waals surface area contributed by atoms with E-state index in [0.29, 0.717) is 0 Å². The molecule has 4 heteroatoms. The molecule has 1 aliphatic heterocycles. The van der Waals surface area contributed by atoms with E-state index in [1.54, 1.807) is 0 Å². The van der Waals surface area contributed by atoms with E-state index in [2.05, 4.69) is 28.9 Å². The molecule has 0 N–H and O–H groups in total. The van der Waals surface area contributed by atoms with Crippen molar-refractivity contribution < 1.29 is 0 Å². The summed E-state index contributed by atoms with van der Waals surface area (Å²) in [6.07, 6.45) is 0.883. The molecule has 0 aromatic heterocycles. The van der Waals surface area contributed by atoms with E-state index in [4.69, 9.17) is 10.5 Å². The minimum atomic E-state index is 0.0449. The molecular weight excluding hydrogens is 248 g/mol. The minimum absolute atomic E-state index is 0.0449. The van der Waals surface area contributed by atoms with Gasteiger partial charge in [0, 0.05) is 32.7 Å². The van der Waals surface area contributed by atoms with Crippen LogP contribution < -0.4 is 0 Å². The standard InChI is InChI=1S/C16H20N4/c1-2-16(12-18)20-9-7-19(8-10-20)13-15-6-4-3-5-14(15)11-17/h3-6,16H,2,7-10,13H2,1H3. The Kier molecular flexibility index (Phi) is 5.12.